The number of methoxy groups -OCH3 is 1. The van der Waals surface area contributed by atoms with Gasteiger partial charge in [-0.2, -0.15) is 0 Å². The molecular weight excluding hydrogens is 246 g/mol. The fraction of sp³-hybridized carbons (Fsp3) is 0.714. The molecule has 0 bridgehead atoms. The molecule has 0 saturated carbocycles. The van der Waals surface area contributed by atoms with Crippen molar-refractivity contribution in [2.24, 2.45) is 0 Å². The summed E-state index contributed by atoms with van der Waals surface area (Å²) >= 11 is 0. The van der Waals surface area contributed by atoms with E-state index in [0.29, 0.717) is 0 Å². The van der Waals surface area contributed by atoms with Gasteiger partial charge in [0.15, 0.2) is 0 Å². The first-order valence-corrected chi connectivity index (χ1v) is 6.50. The van der Waals surface area contributed by atoms with Gasteiger partial charge in [0.25, 0.3) is 0 Å². The normalized spacial score (nSPS) is 12.3. The van der Waals surface area contributed by atoms with Crippen molar-refractivity contribution in [3.63, 3.8) is 0 Å². The Hall–Kier alpha value is -1.52. The molecule has 5 heteroatoms. The number of ether oxygens (including phenoxy) is 2. The van der Waals surface area contributed by atoms with Crippen molar-refractivity contribution < 1.29 is 19.1 Å². The molecule has 0 aromatic rings. The van der Waals surface area contributed by atoms with E-state index in [0.717, 1.165) is 18.4 Å². The van der Waals surface area contributed by atoms with Crippen LogP contribution < -0.4 is 5.32 Å². The Morgan fingerprint density at radius 1 is 1.21 bits per heavy atom. The van der Waals surface area contributed by atoms with E-state index in [4.69, 9.17) is 4.74 Å². The minimum atomic E-state index is -0.810. The molecule has 0 heterocycles. The molecule has 0 radical (unpaired) electrons. The molecule has 0 aliphatic carbocycles. The highest BCUT2D eigenvalue weighted by molar-refractivity contribution is 5.83. The lowest BCUT2D eigenvalue weighted by atomic mass is 10.1. The second-order valence-corrected chi connectivity index (χ2v) is 5.18. The number of alkyl carbamates (subject to hydrolysis) is 1. The quantitative estimate of drug-likeness (QED) is 0.617. The van der Waals surface area contributed by atoms with Crippen LogP contribution in [-0.4, -0.2) is 30.8 Å². The Bertz CT molecular complexity index is 336. The van der Waals surface area contributed by atoms with Crippen LogP contribution in [0.2, 0.25) is 0 Å². The number of rotatable bonds is 5. The molecule has 0 aliphatic heterocycles. The third kappa shape index (κ3) is 7.49. The van der Waals surface area contributed by atoms with Gasteiger partial charge >= 0.3 is 12.1 Å². The molecular formula is C14H25NO4. The highest BCUT2D eigenvalue weighted by Crippen LogP contribution is 2.10. The minimum absolute atomic E-state index is 0.509. The fourth-order valence-corrected chi connectivity index (χ4v) is 1.45. The zero-order chi connectivity index (χ0) is 15.1. The highest BCUT2D eigenvalue weighted by Gasteiger charge is 2.23. The number of allylic oxidation sites excluding steroid dienone is 1. The van der Waals surface area contributed by atoms with Crippen LogP contribution in [0.1, 0.15) is 47.5 Å². The summed E-state index contributed by atoms with van der Waals surface area (Å²) in [6.07, 6.45) is 2.72. The minimum Gasteiger partial charge on any atom is -0.467 e. The Morgan fingerprint density at radius 3 is 2.11 bits per heavy atom. The van der Waals surface area contributed by atoms with Crippen molar-refractivity contribution in [2.75, 3.05) is 7.11 Å². The van der Waals surface area contributed by atoms with Gasteiger partial charge in [-0.1, -0.05) is 25.5 Å². The van der Waals surface area contributed by atoms with E-state index in [1.165, 1.54) is 7.11 Å². The first-order chi connectivity index (χ1) is 8.73. The van der Waals surface area contributed by atoms with E-state index >= 15 is 0 Å². The van der Waals surface area contributed by atoms with Crippen molar-refractivity contribution in [1.29, 1.82) is 0 Å². The first kappa shape index (κ1) is 17.5. The summed E-state index contributed by atoms with van der Waals surface area (Å²) in [5.41, 5.74) is 0.471. The van der Waals surface area contributed by atoms with Gasteiger partial charge in [-0.05, 0) is 33.6 Å². The van der Waals surface area contributed by atoms with Crippen LogP contribution in [0.15, 0.2) is 11.6 Å². The Balaban J connectivity index is 4.84. The fourth-order valence-electron chi connectivity index (χ4n) is 1.45. The maximum atomic E-state index is 11.7. The van der Waals surface area contributed by atoms with E-state index in [1.54, 1.807) is 26.8 Å². The molecule has 1 N–H and O–H groups in total. The van der Waals surface area contributed by atoms with E-state index in [1.807, 2.05) is 13.8 Å². The number of amides is 1. The van der Waals surface area contributed by atoms with Crippen molar-refractivity contribution in [2.45, 2.75) is 59.1 Å². The third-order valence-electron chi connectivity index (χ3n) is 2.44. The lowest BCUT2D eigenvalue weighted by molar-refractivity contribution is -0.141. The van der Waals surface area contributed by atoms with Gasteiger partial charge in [0, 0.05) is 0 Å². The molecule has 0 aromatic heterocycles. The maximum Gasteiger partial charge on any atom is 0.408 e. The third-order valence-corrected chi connectivity index (χ3v) is 2.44. The largest absolute Gasteiger partial charge is 0.467 e. The lowest BCUT2D eigenvalue weighted by Gasteiger charge is -2.21. The van der Waals surface area contributed by atoms with Gasteiger partial charge in [-0.15, -0.1) is 0 Å². The average molecular weight is 271 g/mol. The monoisotopic (exact) mass is 271 g/mol. The predicted octanol–water partition coefficient (Wildman–Crippen LogP) is 2.80. The molecule has 0 aliphatic rings. The van der Waals surface area contributed by atoms with Gasteiger partial charge in [0.2, 0.25) is 0 Å². The standard InChI is InChI=1S/C14H25NO4/c1-7-10(8-2)9-11(12(16)18-6)15-13(17)19-14(3,4)5/h9,11H,7-8H2,1-6H3,(H,15,17). The topological polar surface area (TPSA) is 64.6 Å². The van der Waals surface area contributed by atoms with Crippen molar-refractivity contribution in [3.8, 4) is 0 Å². The summed E-state index contributed by atoms with van der Waals surface area (Å²) in [7, 11) is 1.29. The van der Waals surface area contributed by atoms with Crippen LogP contribution in [-0.2, 0) is 14.3 Å². The summed E-state index contributed by atoms with van der Waals surface area (Å²) in [4.78, 5) is 23.3. The summed E-state index contributed by atoms with van der Waals surface area (Å²) in [5.74, 6) is -0.509. The second-order valence-electron chi connectivity index (χ2n) is 5.18. The van der Waals surface area contributed by atoms with Gasteiger partial charge in [-0.3, -0.25) is 0 Å². The summed E-state index contributed by atoms with van der Waals surface area (Å²) in [5, 5.41) is 2.51. The number of hydrogen-bond acceptors (Lipinski definition) is 4. The van der Waals surface area contributed by atoms with Crippen LogP contribution in [0.4, 0.5) is 4.79 Å². The van der Waals surface area contributed by atoms with Gasteiger partial charge in [-0.25, -0.2) is 9.59 Å². The summed E-state index contributed by atoms with van der Waals surface area (Å²) < 4.78 is 9.80. The Kier molecular flexibility index (Phi) is 7.19. The first-order valence-electron chi connectivity index (χ1n) is 6.50. The number of hydrogen-bond donors (Lipinski definition) is 1. The second kappa shape index (κ2) is 7.81. The molecule has 1 unspecified atom stereocenters. The predicted molar refractivity (Wildman–Crippen MR) is 73.8 cm³/mol. The van der Waals surface area contributed by atoms with E-state index in [2.05, 4.69) is 10.1 Å². The van der Waals surface area contributed by atoms with Crippen LogP contribution in [0, 0.1) is 0 Å². The lowest BCUT2D eigenvalue weighted by Crippen LogP contribution is -2.43. The van der Waals surface area contributed by atoms with E-state index in [9.17, 15) is 9.59 Å². The van der Waals surface area contributed by atoms with Crippen molar-refractivity contribution in [3.05, 3.63) is 11.6 Å². The van der Waals surface area contributed by atoms with Gasteiger partial charge < -0.3 is 14.8 Å². The molecule has 0 fully saturated rings. The zero-order valence-corrected chi connectivity index (χ0v) is 12.7. The zero-order valence-electron chi connectivity index (χ0n) is 12.7. The summed E-state index contributed by atoms with van der Waals surface area (Å²) in [6, 6.07) is -0.810. The smallest absolute Gasteiger partial charge is 0.408 e. The molecule has 0 spiro atoms. The molecule has 0 saturated heterocycles. The highest BCUT2D eigenvalue weighted by atomic mass is 16.6. The van der Waals surface area contributed by atoms with Gasteiger partial charge in [0.1, 0.15) is 11.6 Å². The molecule has 19 heavy (non-hydrogen) atoms. The van der Waals surface area contributed by atoms with Crippen LogP contribution in [0.25, 0.3) is 0 Å². The van der Waals surface area contributed by atoms with E-state index < -0.39 is 23.7 Å². The number of esters is 1. The van der Waals surface area contributed by atoms with Gasteiger partial charge in [0.05, 0.1) is 7.11 Å². The molecule has 0 rings (SSSR count). The molecule has 0 aromatic carbocycles. The van der Waals surface area contributed by atoms with Crippen molar-refractivity contribution in [1.82, 2.24) is 5.32 Å². The van der Waals surface area contributed by atoms with Crippen LogP contribution in [0.5, 0.6) is 0 Å². The van der Waals surface area contributed by atoms with Crippen LogP contribution in [0.3, 0.4) is 0 Å². The number of carbonyl (C=O) groups excluding carboxylic acids is 2. The molecule has 1 amide bonds. The van der Waals surface area contributed by atoms with Crippen molar-refractivity contribution >= 4 is 12.1 Å². The Labute approximate surface area is 115 Å². The number of carbonyl (C=O) groups is 2. The summed E-state index contributed by atoms with van der Waals surface area (Å²) in [6.45, 7) is 9.28. The van der Waals surface area contributed by atoms with Crippen LogP contribution >= 0.6 is 0 Å². The molecule has 1 atom stereocenters. The van der Waals surface area contributed by atoms with E-state index in [-0.39, 0.29) is 0 Å². The SMILES string of the molecule is CCC(=CC(NC(=O)OC(C)(C)C)C(=O)OC)CC. The Morgan fingerprint density at radius 2 is 1.74 bits per heavy atom. The molecule has 110 valence electrons. The maximum absolute atomic E-state index is 11.7. The average Bonchev–Trinajstić information content (AvgIpc) is 2.31. The molecule has 5 nitrogen and oxygen atoms in total. The number of nitrogens with one attached hydrogen (secondary N) is 1.